The smallest absolute Gasteiger partial charge is 0.250 e. The first-order valence-corrected chi connectivity index (χ1v) is 12.3. The quantitative estimate of drug-likeness (QED) is 0.234. The molecule has 0 radical (unpaired) electrons. The molecule has 0 amide bonds. The van der Waals surface area contributed by atoms with Crippen LogP contribution < -0.4 is 20.4 Å². The van der Waals surface area contributed by atoms with Crippen molar-refractivity contribution in [2.75, 3.05) is 41.9 Å². The van der Waals surface area contributed by atoms with Crippen molar-refractivity contribution < 1.29 is 9.47 Å². The summed E-state index contributed by atoms with van der Waals surface area (Å²) in [5, 5.41) is 8.24. The van der Waals surface area contributed by atoms with Crippen LogP contribution in [0, 0.1) is 0 Å². The Bertz CT molecular complexity index is 1330. The molecule has 1 aliphatic rings. The first kappa shape index (κ1) is 24.5. The van der Waals surface area contributed by atoms with Gasteiger partial charge in [-0.05, 0) is 48.0 Å². The van der Waals surface area contributed by atoms with Crippen molar-refractivity contribution in [3.05, 3.63) is 95.0 Å². The van der Waals surface area contributed by atoms with E-state index in [0.29, 0.717) is 55.8 Å². The lowest BCUT2D eigenvalue weighted by Crippen LogP contribution is -2.37. The molecule has 1 aromatic heterocycles. The molecule has 9 nitrogen and oxygen atoms in total. The zero-order chi connectivity index (χ0) is 25.3. The van der Waals surface area contributed by atoms with Gasteiger partial charge in [0.2, 0.25) is 17.8 Å². The predicted octanol–water partition coefficient (Wildman–Crippen LogP) is 5.13. The van der Waals surface area contributed by atoms with Gasteiger partial charge in [-0.1, -0.05) is 48.0 Å². The number of nitrogens with zero attached hydrogens (tertiary/aromatic N) is 5. The number of benzene rings is 3. The molecule has 0 bridgehead atoms. The maximum Gasteiger partial charge on any atom is 0.250 e. The van der Waals surface area contributed by atoms with Gasteiger partial charge in [-0.25, -0.2) is 5.43 Å². The molecule has 1 aliphatic heterocycles. The standard InChI is InChI=1S/C27H26ClN7O2/c28-24-9-5-4-6-21(24)19-37-23-12-10-20(11-13-23)18-29-34-26-31-25(30-22-7-2-1-3-8-22)32-27(33-26)35-14-16-36-17-15-35/h1-13,18H,14-17,19H2,(H2,30,31,32,33,34). The topological polar surface area (TPSA) is 96.8 Å². The van der Waals surface area contributed by atoms with E-state index in [9.17, 15) is 0 Å². The number of morpholine rings is 1. The molecule has 37 heavy (non-hydrogen) atoms. The number of hydrogen-bond acceptors (Lipinski definition) is 9. The van der Waals surface area contributed by atoms with Crippen LogP contribution in [0.25, 0.3) is 0 Å². The Morgan fingerprint density at radius 2 is 1.62 bits per heavy atom. The van der Waals surface area contributed by atoms with E-state index in [4.69, 9.17) is 21.1 Å². The second kappa shape index (κ2) is 12.2. The van der Waals surface area contributed by atoms with Gasteiger partial charge in [0.05, 0.1) is 19.4 Å². The monoisotopic (exact) mass is 515 g/mol. The van der Waals surface area contributed by atoms with Crippen LogP contribution in [-0.4, -0.2) is 47.5 Å². The van der Waals surface area contributed by atoms with Crippen molar-refractivity contribution in [2.45, 2.75) is 6.61 Å². The summed E-state index contributed by atoms with van der Waals surface area (Å²) in [4.78, 5) is 15.7. The van der Waals surface area contributed by atoms with E-state index in [1.165, 1.54) is 0 Å². The van der Waals surface area contributed by atoms with Crippen molar-refractivity contribution in [3.8, 4) is 5.75 Å². The molecule has 1 fully saturated rings. The van der Waals surface area contributed by atoms with Gasteiger partial charge in [-0.3, -0.25) is 0 Å². The molecule has 0 saturated carbocycles. The van der Waals surface area contributed by atoms with E-state index in [1.54, 1.807) is 6.21 Å². The minimum Gasteiger partial charge on any atom is -0.489 e. The van der Waals surface area contributed by atoms with Crippen LogP contribution >= 0.6 is 11.6 Å². The van der Waals surface area contributed by atoms with Gasteiger partial charge in [0.25, 0.3) is 0 Å². The highest BCUT2D eigenvalue weighted by Gasteiger charge is 2.16. The molecule has 1 saturated heterocycles. The van der Waals surface area contributed by atoms with Crippen LogP contribution in [0.4, 0.5) is 23.5 Å². The summed E-state index contributed by atoms with van der Waals surface area (Å²) in [7, 11) is 0. The first-order chi connectivity index (χ1) is 18.2. The summed E-state index contributed by atoms with van der Waals surface area (Å²) in [6.07, 6.45) is 1.69. The highest BCUT2D eigenvalue weighted by Crippen LogP contribution is 2.20. The molecule has 5 rings (SSSR count). The first-order valence-electron chi connectivity index (χ1n) is 11.9. The molecule has 2 N–H and O–H groups in total. The third-order valence-corrected chi connectivity index (χ3v) is 5.93. The summed E-state index contributed by atoms with van der Waals surface area (Å²) in [5.41, 5.74) is 5.64. The van der Waals surface area contributed by atoms with E-state index in [0.717, 1.165) is 22.6 Å². The number of anilines is 4. The molecule has 0 aliphatic carbocycles. The van der Waals surface area contributed by atoms with E-state index < -0.39 is 0 Å². The molecule has 0 spiro atoms. The van der Waals surface area contributed by atoms with Gasteiger partial charge in [0.1, 0.15) is 12.4 Å². The van der Waals surface area contributed by atoms with Crippen LogP contribution in [0.3, 0.4) is 0 Å². The largest absolute Gasteiger partial charge is 0.489 e. The van der Waals surface area contributed by atoms with Crippen LogP contribution in [0.2, 0.25) is 5.02 Å². The number of para-hydroxylation sites is 1. The summed E-state index contributed by atoms with van der Waals surface area (Å²) in [5.74, 6) is 2.08. The summed E-state index contributed by atoms with van der Waals surface area (Å²) < 4.78 is 11.3. The van der Waals surface area contributed by atoms with Crippen molar-refractivity contribution >= 4 is 41.3 Å². The number of hydrogen-bond donors (Lipinski definition) is 2. The van der Waals surface area contributed by atoms with E-state index in [-0.39, 0.29) is 0 Å². The lowest BCUT2D eigenvalue weighted by atomic mass is 10.2. The van der Waals surface area contributed by atoms with E-state index in [1.807, 2.05) is 78.9 Å². The highest BCUT2D eigenvalue weighted by molar-refractivity contribution is 6.31. The number of rotatable bonds is 9. The molecule has 188 valence electrons. The number of aromatic nitrogens is 3. The Balaban J connectivity index is 1.25. The Labute approximate surface area is 220 Å². The molecule has 0 unspecified atom stereocenters. The van der Waals surface area contributed by atoms with Crippen molar-refractivity contribution in [3.63, 3.8) is 0 Å². The molecule has 0 atom stereocenters. The van der Waals surface area contributed by atoms with Gasteiger partial charge in [-0.2, -0.15) is 20.1 Å². The lowest BCUT2D eigenvalue weighted by molar-refractivity contribution is 0.122. The normalized spacial score (nSPS) is 13.5. The van der Waals surface area contributed by atoms with Crippen LogP contribution in [-0.2, 0) is 11.3 Å². The fraction of sp³-hybridized carbons (Fsp3) is 0.185. The van der Waals surface area contributed by atoms with Gasteiger partial charge in [0, 0.05) is 29.4 Å². The average molecular weight is 516 g/mol. The number of nitrogens with one attached hydrogen (secondary N) is 2. The van der Waals surface area contributed by atoms with Crippen LogP contribution in [0.5, 0.6) is 5.75 Å². The maximum atomic E-state index is 6.20. The minimum absolute atomic E-state index is 0.339. The van der Waals surface area contributed by atoms with Gasteiger partial charge in [0.15, 0.2) is 0 Å². The SMILES string of the molecule is Clc1ccccc1COc1ccc(C=NNc2nc(Nc3ccccc3)nc(N3CCOCC3)n2)cc1. The summed E-state index contributed by atoms with van der Waals surface area (Å²) >= 11 is 6.20. The third-order valence-electron chi connectivity index (χ3n) is 5.56. The van der Waals surface area contributed by atoms with Gasteiger partial charge < -0.3 is 19.7 Å². The highest BCUT2D eigenvalue weighted by atomic mass is 35.5. The fourth-order valence-electron chi connectivity index (χ4n) is 3.62. The van der Waals surface area contributed by atoms with Gasteiger partial charge in [-0.15, -0.1) is 0 Å². The Hall–Kier alpha value is -4.21. The van der Waals surface area contributed by atoms with Crippen molar-refractivity contribution in [2.24, 2.45) is 5.10 Å². The predicted molar refractivity (Wildman–Crippen MR) is 146 cm³/mol. The minimum atomic E-state index is 0.339. The second-order valence-corrected chi connectivity index (χ2v) is 8.60. The number of ether oxygens (including phenoxy) is 2. The van der Waals surface area contributed by atoms with E-state index >= 15 is 0 Å². The zero-order valence-electron chi connectivity index (χ0n) is 20.0. The average Bonchev–Trinajstić information content (AvgIpc) is 2.94. The summed E-state index contributed by atoms with van der Waals surface area (Å²) in [6, 6.07) is 25.0. The Kier molecular flexibility index (Phi) is 8.04. The molecular formula is C27H26ClN7O2. The van der Waals surface area contributed by atoms with Crippen molar-refractivity contribution in [1.29, 1.82) is 0 Å². The molecule has 3 aromatic carbocycles. The van der Waals surface area contributed by atoms with Crippen LogP contribution in [0.1, 0.15) is 11.1 Å². The molecule has 10 heteroatoms. The molecular weight excluding hydrogens is 490 g/mol. The lowest BCUT2D eigenvalue weighted by Gasteiger charge is -2.27. The molecule has 4 aromatic rings. The molecule has 2 heterocycles. The third kappa shape index (κ3) is 6.93. The second-order valence-electron chi connectivity index (χ2n) is 8.19. The maximum absolute atomic E-state index is 6.20. The summed E-state index contributed by atoms with van der Waals surface area (Å²) in [6.45, 7) is 3.09. The Morgan fingerprint density at radius 3 is 2.41 bits per heavy atom. The number of hydrazone groups is 1. The number of halogens is 1. The van der Waals surface area contributed by atoms with E-state index in [2.05, 4.69) is 35.7 Å². The van der Waals surface area contributed by atoms with Gasteiger partial charge >= 0.3 is 0 Å². The van der Waals surface area contributed by atoms with Crippen LogP contribution in [0.15, 0.2) is 84.0 Å². The zero-order valence-corrected chi connectivity index (χ0v) is 20.8. The fourth-order valence-corrected chi connectivity index (χ4v) is 3.81. The Morgan fingerprint density at radius 1 is 0.892 bits per heavy atom. The van der Waals surface area contributed by atoms with Crippen molar-refractivity contribution in [1.82, 2.24) is 15.0 Å².